The zero-order chi connectivity index (χ0) is 37.2. The first-order valence-electron chi connectivity index (χ1n) is 16.8. The van der Waals surface area contributed by atoms with Gasteiger partial charge in [0.25, 0.3) is 5.91 Å². The Morgan fingerprint density at radius 1 is 0.923 bits per heavy atom. The fourth-order valence-corrected chi connectivity index (χ4v) is 6.68. The number of fused-ring (bicyclic) bond motifs is 1. The minimum atomic E-state index is -5.43. The van der Waals surface area contributed by atoms with Crippen LogP contribution in [-0.4, -0.2) is 56.3 Å². The molecule has 1 aromatic heterocycles. The average Bonchev–Trinajstić information content (AvgIpc) is 3.79. The Bertz CT molecular complexity index is 1970. The van der Waals surface area contributed by atoms with Crippen LogP contribution in [0.5, 0.6) is 0 Å². The fraction of sp³-hybridized carbons (Fsp3) is 0.351. The number of ketones is 1. The van der Waals surface area contributed by atoms with Gasteiger partial charge in [-0.15, -0.1) is 0 Å². The molecule has 15 heteroatoms. The van der Waals surface area contributed by atoms with Gasteiger partial charge in [-0.1, -0.05) is 30.3 Å². The number of aliphatic carboxylic acids is 1. The highest BCUT2D eigenvalue weighted by molar-refractivity contribution is 5.99. The normalized spacial score (nSPS) is 18.0. The standard InChI is InChI=1S/C37H36F4N6O5/c38-36(39,37(40,41)35(51)52)34-45-31(46-47-34)24-9-12-28(13-10-24)44-32(49)26(17-30(48)23-7-3-21(18-42)4-8-23)15-20-1-5-22(6-2-20)25-11-14-29-27(16-25)19-43-33(29)50/h1-2,5-6,9-14,16,21,23,26H,3-4,7-8,15,17-19,42H2,(H,43,50)(H,44,49)(H,51,52)(H,45,46,47)/t21?,23?,26-/m1/s1. The quantitative estimate of drug-likeness (QED) is 0.109. The average molecular weight is 721 g/mol. The summed E-state index contributed by atoms with van der Waals surface area (Å²) in [6, 6.07) is 18.9. The molecule has 2 aliphatic rings. The SMILES string of the molecule is NCC1CCC(C(=O)C[C@@H](Cc2ccc(-c3ccc4c(c3)CNC4=O)cc2)C(=O)Nc2ccc(-c3n[nH]c(C(F)(F)C(F)(F)C(=O)O)n3)cc2)CC1. The highest BCUT2D eigenvalue weighted by atomic mass is 19.3. The van der Waals surface area contributed by atoms with E-state index in [0.29, 0.717) is 30.3 Å². The number of benzene rings is 3. The first kappa shape index (κ1) is 36.4. The van der Waals surface area contributed by atoms with E-state index in [4.69, 9.17) is 10.8 Å². The summed E-state index contributed by atoms with van der Waals surface area (Å²) in [5, 5.41) is 19.4. The van der Waals surface area contributed by atoms with Crippen LogP contribution in [0.1, 0.15) is 59.4 Å². The first-order valence-corrected chi connectivity index (χ1v) is 16.8. The number of H-pyrrole nitrogens is 1. The number of amides is 2. The van der Waals surface area contributed by atoms with Gasteiger partial charge in [-0.05, 0) is 103 Å². The molecule has 2 heterocycles. The van der Waals surface area contributed by atoms with Crippen molar-refractivity contribution in [2.75, 3.05) is 11.9 Å². The van der Waals surface area contributed by atoms with Crippen LogP contribution >= 0.6 is 0 Å². The lowest BCUT2D eigenvalue weighted by atomic mass is 9.77. The minimum Gasteiger partial charge on any atom is -0.477 e. The molecule has 1 saturated carbocycles. The number of aromatic amines is 1. The topological polar surface area (TPSA) is 180 Å². The number of aromatic nitrogens is 3. The minimum absolute atomic E-state index is 0.00887. The van der Waals surface area contributed by atoms with E-state index in [0.717, 1.165) is 47.9 Å². The van der Waals surface area contributed by atoms with Crippen molar-refractivity contribution in [3.05, 3.63) is 89.2 Å². The van der Waals surface area contributed by atoms with Crippen LogP contribution < -0.4 is 16.4 Å². The van der Waals surface area contributed by atoms with Crippen LogP contribution in [0.15, 0.2) is 66.7 Å². The van der Waals surface area contributed by atoms with E-state index in [-0.39, 0.29) is 36.0 Å². The van der Waals surface area contributed by atoms with Gasteiger partial charge in [0.1, 0.15) is 5.78 Å². The third-order valence-electron chi connectivity index (χ3n) is 9.87. The lowest BCUT2D eigenvalue weighted by molar-refractivity contribution is -0.231. The van der Waals surface area contributed by atoms with Crippen LogP contribution in [0.2, 0.25) is 0 Å². The van der Waals surface area contributed by atoms with Crippen LogP contribution in [0, 0.1) is 17.8 Å². The number of alkyl halides is 4. The van der Waals surface area contributed by atoms with Crippen molar-refractivity contribution in [2.24, 2.45) is 23.5 Å². The number of carbonyl (C=O) groups is 4. The maximum atomic E-state index is 14.2. The van der Waals surface area contributed by atoms with Gasteiger partial charge >= 0.3 is 17.8 Å². The molecular formula is C37H36F4N6O5. The summed E-state index contributed by atoms with van der Waals surface area (Å²) in [5.74, 6) is -16.6. The molecule has 1 atom stereocenters. The molecule has 0 unspecified atom stereocenters. The molecule has 2 amide bonds. The Morgan fingerprint density at radius 2 is 1.58 bits per heavy atom. The van der Waals surface area contributed by atoms with Gasteiger partial charge in [0.15, 0.2) is 5.82 Å². The van der Waals surface area contributed by atoms with Gasteiger partial charge in [0.2, 0.25) is 11.7 Å². The number of halogens is 4. The molecule has 6 N–H and O–H groups in total. The molecule has 6 rings (SSSR count). The molecule has 52 heavy (non-hydrogen) atoms. The fourth-order valence-electron chi connectivity index (χ4n) is 6.68. The number of hydrogen-bond donors (Lipinski definition) is 5. The summed E-state index contributed by atoms with van der Waals surface area (Å²) in [6.45, 7) is 1.04. The maximum Gasteiger partial charge on any atom is 0.411 e. The van der Waals surface area contributed by atoms with Crippen LogP contribution in [0.25, 0.3) is 22.5 Å². The number of nitrogens with one attached hydrogen (secondary N) is 3. The van der Waals surface area contributed by atoms with Gasteiger partial charge in [-0.2, -0.15) is 22.7 Å². The zero-order valence-corrected chi connectivity index (χ0v) is 27.8. The Labute approximate surface area is 295 Å². The Morgan fingerprint density at radius 3 is 2.23 bits per heavy atom. The van der Waals surface area contributed by atoms with Crippen molar-refractivity contribution >= 4 is 29.3 Å². The number of nitrogens with two attached hydrogens (primary N) is 1. The predicted octanol–water partition coefficient (Wildman–Crippen LogP) is 5.72. The van der Waals surface area contributed by atoms with Crippen LogP contribution in [0.4, 0.5) is 23.2 Å². The monoisotopic (exact) mass is 720 g/mol. The lowest BCUT2D eigenvalue weighted by Gasteiger charge is -2.27. The number of anilines is 1. The molecule has 0 spiro atoms. The smallest absolute Gasteiger partial charge is 0.411 e. The van der Waals surface area contributed by atoms with E-state index in [2.05, 4.69) is 20.7 Å². The Kier molecular flexibility index (Phi) is 10.2. The molecule has 3 aromatic carbocycles. The summed E-state index contributed by atoms with van der Waals surface area (Å²) in [7, 11) is 0. The third kappa shape index (κ3) is 7.45. The number of Topliss-reactive ketones (excluding diaryl/α,β-unsaturated/α-hetero) is 1. The predicted molar refractivity (Wildman–Crippen MR) is 181 cm³/mol. The summed E-state index contributed by atoms with van der Waals surface area (Å²) in [4.78, 5) is 53.3. The van der Waals surface area contributed by atoms with Crippen molar-refractivity contribution < 1.29 is 41.8 Å². The van der Waals surface area contributed by atoms with Crippen LogP contribution in [0.3, 0.4) is 0 Å². The third-order valence-corrected chi connectivity index (χ3v) is 9.87. The van der Waals surface area contributed by atoms with Crippen molar-refractivity contribution in [1.82, 2.24) is 20.5 Å². The van der Waals surface area contributed by atoms with Crippen molar-refractivity contribution in [1.29, 1.82) is 0 Å². The maximum absolute atomic E-state index is 14.2. The highest BCUT2D eigenvalue weighted by Gasteiger charge is 2.65. The number of carbonyl (C=O) groups excluding carboxylic acids is 3. The zero-order valence-electron chi connectivity index (χ0n) is 27.8. The second-order valence-electron chi connectivity index (χ2n) is 13.3. The molecule has 0 bridgehead atoms. The summed E-state index contributed by atoms with van der Waals surface area (Å²) in [5.41, 5.74) is 10.5. The van der Waals surface area contributed by atoms with E-state index in [9.17, 15) is 36.7 Å². The van der Waals surface area contributed by atoms with E-state index in [1.807, 2.05) is 36.4 Å². The summed E-state index contributed by atoms with van der Waals surface area (Å²) in [6.07, 6.45) is 3.44. The number of hydrogen-bond acceptors (Lipinski definition) is 7. The molecule has 272 valence electrons. The highest BCUT2D eigenvalue weighted by Crippen LogP contribution is 2.42. The Balaban J connectivity index is 1.17. The number of rotatable bonds is 13. The number of carboxylic acid groups (broad SMARTS) is 1. The van der Waals surface area contributed by atoms with Gasteiger partial charge in [0.05, 0.1) is 0 Å². The van der Waals surface area contributed by atoms with Crippen molar-refractivity contribution in [3.8, 4) is 22.5 Å². The van der Waals surface area contributed by atoms with Gasteiger partial charge in [-0.25, -0.2) is 9.78 Å². The van der Waals surface area contributed by atoms with Crippen LogP contribution in [-0.2, 0) is 33.3 Å². The number of nitrogens with zero attached hydrogens (tertiary/aromatic N) is 2. The molecule has 0 saturated heterocycles. The largest absolute Gasteiger partial charge is 0.477 e. The second-order valence-corrected chi connectivity index (χ2v) is 13.3. The van der Waals surface area contributed by atoms with E-state index in [1.165, 1.54) is 24.3 Å². The first-order chi connectivity index (χ1) is 24.8. The molecule has 1 aliphatic carbocycles. The van der Waals surface area contributed by atoms with Crippen molar-refractivity contribution in [2.45, 2.75) is 56.9 Å². The van der Waals surface area contributed by atoms with Crippen molar-refractivity contribution in [3.63, 3.8) is 0 Å². The Hall–Kier alpha value is -5.44. The van der Waals surface area contributed by atoms with Gasteiger partial charge in [-0.3, -0.25) is 19.5 Å². The van der Waals surface area contributed by atoms with Gasteiger partial charge in [0, 0.05) is 41.6 Å². The summed E-state index contributed by atoms with van der Waals surface area (Å²) < 4.78 is 55.7. The van der Waals surface area contributed by atoms with E-state index < -0.39 is 41.3 Å². The molecule has 1 fully saturated rings. The molecule has 4 aromatic rings. The molecule has 0 radical (unpaired) electrons. The summed E-state index contributed by atoms with van der Waals surface area (Å²) >= 11 is 0. The second kappa shape index (κ2) is 14.7. The lowest BCUT2D eigenvalue weighted by Crippen LogP contribution is -2.45. The number of carboxylic acids is 1. The molecular weight excluding hydrogens is 684 g/mol. The molecule has 1 aliphatic heterocycles. The van der Waals surface area contributed by atoms with E-state index >= 15 is 0 Å². The van der Waals surface area contributed by atoms with E-state index in [1.54, 1.807) is 11.2 Å². The van der Waals surface area contributed by atoms with Gasteiger partial charge < -0.3 is 21.5 Å². The molecule has 11 nitrogen and oxygen atoms in total.